The highest BCUT2D eigenvalue weighted by Crippen LogP contribution is 2.27. The normalized spacial score (nSPS) is 22.2. The molecule has 1 aliphatic rings. The van der Waals surface area contributed by atoms with Crippen LogP contribution in [0.2, 0.25) is 0 Å². The van der Waals surface area contributed by atoms with Crippen LogP contribution in [0, 0.1) is 11.3 Å². The molecule has 0 radical (unpaired) electrons. The monoisotopic (exact) mass is 289 g/mol. The number of benzene rings is 1. The maximum Gasteiger partial charge on any atom is 0.122 e. The number of hydrogen-bond acceptors (Lipinski definition) is 3. The van der Waals surface area contributed by atoms with E-state index in [0.717, 1.165) is 23.8 Å². The second kappa shape index (κ2) is 7.46. The van der Waals surface area contributed by atoms with Gasteiger partial charge in [0.05, 0.1) is 0 Å². The zero-order valence-corrected chi connectivity index (χ0v) is 13.1. The fourth-order valence-electron chi connectivity index (χ4n) is 3.16. The number of amidine groups is 1. The zero-order chi connectivity index (χ0) is 15.2. The van der Waals surface area contributed by atoms with Crippen molar-refractivity contribution in [1.29, 1.82) is 5.41 Å². The van der Waals surface area contributed by atoms with Gasteiger partial charge in [0.2, 0.25) is 0 Å². The molecule has 0 heterocycles. The Balaban J connectivity index is 1.76. The number of likely N-dealkylation sites (N-methyl/N-ethyl adjacent to an activating group) is 1. The number of rotatable bonds is 6. The minimum Gasteiger partial charge on any atom is -0.492 e. The van der Waals surface area contributed by atoms with Crippen molar-refractivity contribution in [3.05, 3.63) is 29.8 Å². The van der Waals surface area contributed by atoms with E-state index in [1.165, 1.54) is 25.7 Å². The van der Waals surface area contributed by atoms with Gasteiger partial charge in [-0.05, 0) is 50.1 Å². The molecule has 0 saturated heterocycles. The number of ether oxygens (including phenoxy) is 1. The van der Waals surface area contributed by atoms with Gasteiger partial charge in [-0.2, -0.15) is 0 Å². The summed E-state index contributed by atoms with van der Waals surface area (Å²) in [4.78, 5) is 2.44. The lowest BCUT2D eigenvalue weighted by Gasteiger charge is -2.36. The summed E-state index contributed by atoms with van der Waals surface area (Å²) in [5.41, 5.74) is 6.17. The Morgan fingerprint density at radius 1 is 1.29 bits per heavy atom. The molecular weight excluding hydrogens is 262 g/mol. The molecule has 0 aliphatic heterocycles. The second-order valence-electron chi connectivity index (χ2n) is 6.10. The minimum absolute atomic E-state index is 0.0903. The van der Waals surface area contributed by atoms with Gasteiger partial charge in [0.15, 0.2) is 0 Å². The molecule has 1 fully saturated rings. The molecule has 3 N–H and O–H groups in total. The van der Waals surface area contributed by atoms with E-state index < -0.39 is 0 Å². The summed E-state index contributed by atoms with van der Waals surface area (Å²) in [5.74, 6) is 1.72. The van der Waals surface area contributed by atoms with Crippen LogP contribution in [0.25, 0.3) is 0 Å². The molecule has 2 unspecified atom stereocenters. The molecule has 21 heavy (non-hydrogen) atoms. The van der Waals surface area contributed by atoms with Crippen molar-refractivity contribution in [2.45, 2.75) is 38.6 Å². The van der Waals surface area contributed by atoms with Gasteiger partial charge in [0.25, 0.3) is 0 Å². The quantitative estimate of drug-likeness (QED) is 0.625. The molecule has 1 aromatic rings. The topological polar surface area (TPSA) is 62.3 Å². The van der Waals surface area contributed by atoms with Crippen molar-refractivity contribution in [1.82, 2.24) is 4.90 Å². The standard InChI is InChI=1S/C17H27N3O/c1-13-5-3-4-6-16(13)20(2)11-12-21-15-9-7-14(8-10-15)17(18)19/h7-10,13,16H,3-6,11-12H2,1-2H3,(H3,18,19). The van der Waals surface area contributed by atoms with E-state index in [2.05, 4.69) is 18.9 Å². The predicted molar refractivity (Wildman–Crippen MR) is 87.0 cm³/mol. The summed E-state index contributed by atoms with van der Waals surface area (Å²) >= 11 is 0. The molecular formula is C17H27N3O. The second-order valence-corrected chi connectivity index (χ2v) is 6.10. The Labute approximate surface area is 127 Å². The number of nitrogens with one attached hydrogen (secondary N) is 1. The SMILES string of the molecule is CC1CCCCC1N(C)CCOc1ccc(C(=N)N)cc1. The van der Waals surface area contributed by atoms with E-state index in [-0.39, 0.29) is 5.84 Å². The first-order chi connectivity index (χ1) is 10.1. The Bertz CT molecular complexity index is 458. The van der Waals surface area contributed by atoms with E-state index in [4.69, 9.17) is 15.9 Å². The van der Waals surface area contributed by atoms with Gasteiger partial charge in [-0.25, -0.2) is 0 Å². The van der Waals surface area contributed by atoms with Crippen LogP contribution in [0.3, 0.4) is 0 Å². The van der Waals surface area contributed by atoms with Crippen molar-refractivity contribution >= 4 is 5.84 Å². The molecule has 116 valence electrons. The molecule has 1 aliphatic carbocycles. The molecule has 2 atom stereocenters. The Hall–Kier alpha value is -1.55. The molecule has 0 spiro atoms. The third-order valence-electron chi connectivity index (χ3n) is 4.51. The number of nitrogen functional groups attached to an aromatic ring is 1. The van der Waals surface area contributed by atoms with Crippen LogP contribution in [-0.2, 0) is 0 Å². The van der Waals surface area contributed by atoms with Gasteiger partial charge in [-0.3, -0.25) is 10.3 Å². The molecule has 4 nitrogen and oxygen atoms in total. The van der Waals surface area contributed by atoms with E-state index in [1.807, 2.05) is 24.3 Å². The summed E-state index contributed by atoms with van der Waals surface area (Å²) in [6.07, 6.45) is 5.39. The summed E-state index contributed by atoms with van der Waals surface area (Å²) < 4.78 is 5.78. The van der Waals surface area contributed by atoms with Crippen molar-refractivity contribution in [2.24, 2.45) is 11.7 Å². The van der Waals surface area contributed by atoms with Crippen molar-refractivity contribution in [3.8, 4) is 5.75 Å². The molecule has 2 rings (SSSR count). The van der Waals surface area contributed by atoms with Crippen LogP contribution in [0.5, 0.6) is 5.75 Å². The lowest BCUT2D eigenvalue weighted by atomic mass is 9.85. The first-order valence-electron chi connectivity index (χ1n) is 7.85. The highest BCUT2D eigenvalue weighted by Gasteiger charge is 2.24. The molecule has 4 heteroatoms. The maximum atomic E-state index is 7.36. The van der Waals surface area contributed by atoms with Crippen LogP contribution >= 0.6 is 0 Å². The largest absolute Gasteiger partial charge is 0.492 e. The van der Waals surface area contributed by atoms with Crippen molar-refractivity contribution in [3.63, 3.8) is 0 Å². The fraction of sp³-hybridized carbons (Fsp3) is 0.588. The Kier molecular flexibility index (Phi) is 5.62. The van der Waals surface area contributed by atoms with Gasteiger partial charge in [0, 0.05) is 18.2 Å². The predicted octanol–water partition coefficient (Wildman–Crippen LogP) is 2.86. The fourth-order valence-corrected chi connectivity index (χ4v) is 3.16. The van der Waals surface area contributed by atoms with E-state index in [1.54, 1.807) is 0 Å². The highest BCUT2D eigenvalue weighted by molar-refractivity contribution is 5.94. The molecule has 1 saturated carbocycles. The van der Waals surface area contributed by atoms with Gasteiger partial charge in [0.1, 0.15) is 18.2 Å². The lowest BCUT2D eigenvalue weighted by Crippen LogP contribution is -2.40. The van der Waals surface area contributed by atoms with Crippen LogP contribution in [0.1, 0.15) is 38.2 Å². The molecule has 0 amide bonds. The average Bonchev–Trinajstić information content (AvgIpc) is 2.48. The molecule has 0 bridgehead atoms. The third-order valence-corrected chi connectivity index (χ3v) is 4.51. The van der Waals surface area contributed by atoms with Gasteiger partial charge in [-0.1, -0.05) is 19.8 Å². The summed E-state index contributed by atoms with van der Waals surface area (Å²) in [7, 11) is 2.20. The third kappa shape index (κ3) is 4.46. The van der Waals surface area contributed by atoms with Crippen LogP contribution in [0.15, 0.2) is 24.3 Å². The average molecular weight is 289 g/mol. The van der Waals surface area contributed by atoms with Crippen LogP contribution in [-0.4, -0.2) is 37.0 Å². The van der Waals surface area contributed by atoms with Gasteiger partial charge in [-0.15, -0.1) is 0 Å². The van der Waals surface area contributed by atoms with Crippen molar-refractivity contribution in [2.75, 3.05) is 20.2 Å². The van der Waals surface area contributed by atoms with E-state index in [9.17, 15) is 0 Å². The molecule has 1 aromatic carbocycles. The van der Waals surface area contributed by atoms with Crippen LogP contribution < -0.4 is 10.5 Å². The summed E-state index contributed by atoms with van der Waals surface area (Å²) in [6, 6.07) is 8.09. The smallest absolute Gasteiger partial charge is 0.122 e. The minimum atomic E-state index is 0.0903. The maximum absolute atomic E-state index is 7.36. The van der Waals surface area contributed by atoms with E-state index in [0.29, 0.717) is 12.6 Å². The van der Waals surface area contributed by atoms with Gasteiger partial charge < -0.3 is 10.5 Å². The van der Waals surface area contributed by atoms with Gasteiger partial charge >= 0.3 is 0 Å². The van der Waals surface area contributed by atoms with E-state index >= 15 is 0 Å². The summed E-state index contributed by atoms with van der Waals surface area (Å²) in [6.45, 7) is 4.00. The lowest BCUT2D eigenvalue weighted by molar-refractivity contribution is 0.120. The number of nitrogens with two attached hydrogens (primary N) is 1. The molecule has 0 aromatic heterocycles. The first kappa shape index (κ1) is 15.8. The Morgan fingerprint density at radius 2 is 1.95 bits per heavy atom. The Morgan fingerprint density at radius 3 is 2.57 bits per heavy atom. The zero-order valence-electron chi connectivity index (χ0n) is 13.1. The van der Waals surface area contributed by atoms with Crippen LogP contribution in [0.4, 0.5) is 0 Å². The highest BCUT2D eigenvalue weighted by atomic mass is 16.5. The van der Waals surface area contributed by atoms with Crippen molar-refractivity contribution < 1.29 is 4.74 Å². The number of hydrogen-bond donors (Lipinski definition) is 2. The first-order valence-corrected chi connectivity index (χ1v) is 7.85. The summed E-state index contributed by atoms with van der Waals surface area (Å²) in [5, 5.41) is 7.36. The number of nitrogens with zero attached hydrogens (tertiary/aromatic N) is 1.